The monoisotopic (exact) mass is 392 g/mol. The molecule has 154 valence electrons. The molecule has 0 saturated carbocycles. The van der Waals surface area contributed by atoms with Gasteiger partial charge >= 0.3 is 0 Å². The predicted molar refractivity (Wildman–Crippen MR) is 119 cm³/mol. The zero-order valence-electron chi connectivity index (χ0n) is 17.6. The number of likely N-dealkylation sites (tertiary alicyclic amines) is 1. The van der Waals surface area contributed by atoms with Gasteiger partial charge in [-0.15, -0.1) is 0 Å². The van der Waals surface area contributed by atoms with Crippen LogP contribution in [-0.2, 0) is 0 Å². The number of rotatable bonds is 4. The summed E-state index contributed by atoms with van der Waals surface area (Å²) in [7, 11) is 0. The largest absolute Gasteiger partial charge is 0.372 e. The Labute approximate surface area is 174 Å². The summed E-state index contributed by atoms with van der Waals surface area (Å²) in [5.74, 6) is 1.63. The van der Waals surface area contributed by atoms with Crippen LogP contribution in [0.2, 0.25) is 0 Å². The first kappa shape index (κ1) is 19.7. The van der Waals surface area contributed by atoms with Gasteiger partial charge in [-0.1, -0.05) is 13.8 Å². The number of nitrogens with zero attached hydrogens (tertiary/aromatic N) is 3. The molecule has 2 fully saturated rings. The van der Waals surface area contributed by atoms with Gasteiger partial charge in [0.05, 0.1) is 17.4 Å². The van der Waals surface area contributed by atoms with E-state index in [-0.39, 0.29) is 5.91 Å². The quantitative estimate of drug-likeness (QED) is 0.801. The number of benzene rings is 1. The number of hydrogen-bond acceptors (Lipinski definition) is 4. The third kappa shape index (κ3) is 4.89. The van der Waals surface area contributed by atoms with Gasteiger partial charge in [-0.25, -0.2) is 0 Å². The van der Waals surface area contributed by atoms with Crippen LogP contribution in [0.15, 0.2) is 42.7 Å². The highest BCUT2D eigenvalue weighted by atomic mass is 16.2. The molecule has 2 aliphatic heterocycles. The minimum atomic E-state index is 0.0859. The van der Waals surface area contributed by atoms with Crippen molar-refractivity contribution in [3.63, 3.8) is 0 Å². The molecule has 0 aliphatic carbocycles. The number of carbonyl (C=O) groups excluding carboxylic acids is 1. The normalized spacial score (nSPS) is 18.7. The van der Waals surface area contributed by atoms with Crippen LogP contribution in [0.5, 0.6) is 0 Å². The molecule has 5 nitrogen and oxygen atoms in total. The highest BCUT2D eigenvalue weighted by molar-refractivity contribution is 5.95. The predicted octanol–water partition coefficient (Wildman–Crippen LogP) is 4.93. The van der Waals surface area contributed by atoms with Crippen molar-refractivity contribution in [3.05, 3.63) is 48.3 Å². The maximum absolute atomic E-state index is 12.8. The zero-order chi connectivity index (χ0) is 20.2. The molecular weight excluding hydrogens is 360 g/mol. The minimum absolute atomic E-state index is 0.0859. The van der Waals surface area contributed by atoms with Crippen molar-refractivity contribution in [3.8, 4) is 0 Å². The van der Waals surface area contributed by atoms with Gasteiger partial charge in [-0.2, -0.15) is 0 Å². The van der Waals surface area contributed by atoms with Crippen molar-refractivity contribution in [1.82, 2.24) is 9.88 Å². The number of hydrogen-bond donors (Lipinski definition) is 1. The molecule has 1 aromatic carbocycles. The van der Waals surface area contributed by atoms with E-state index in [0.717, 1.165) is 56.3 Å². The Morgan fingerprint density at radius 2 is 1.52 bits per heavy atom. The third-order valence-corrected chi connectivity index (χ3v) is 6.36. The molecule has 2 saturated heterocycles. The lowest BCUT2D eigenvalue weighted by atomic mass is 9.99. The number of anilines is 3. The Kier molecular flexibility index (Phi) is 6.02. The number of aromatic nitrogens is 1. The van der Waals surface area contributed by atoms with E-state index in [0.29, 0.717) is 11.5 Å². The standard InChI is InChI=1S/C24H32N4O/c1-18-7-11-27(12-8-18)23-5-3-21(4-6-23)26-22-15-20(16-25-17-22)24(29)28-13-9-19(2)10-14-28/h3-6,15-19,26H,7-14H2,1-2H3. The SMILES string of the molecule is CC1CCN(C(=O)c2cncc(Nc3ccc(N4CCC(C)CC4)cc3)c2)CC1. The molecule has 0 radical (unpaired) electrons. The van der Waals surface area contributed by atoms with Crippen LogP contribution in [-0.4, -0.2) is 42.0 Å². The van der Waals surface area contributed by atoms with Crippen LogP contribution in [0.1, 0.15) is 49.9 Å². The van der Waals surface area contributed by atoms with Gasteiger partial charge in [0.25, 0.3) is 5.91 Å². The number of carbonyl (C=O) groups is 1. The van der Waals surface area contributed by atoms with Gasteiger partial charge in [0.15, 0.2) is 0 Å². The average molecular weight is 393 g/mol. The summed E-state index contributed by atoms with van der Waals surface area (Å²) < 4.78 is 0. The summed E-state index contributed by atoms with van der Waals surface area (Å²) >= 11 is 0. The second-order valence-electron chi connectivity index (χ2n) is 8.78. The Bertz CT molecular complexity index is 819. The summed E-state index contributed by atoms with van der Waals surface area (Å²) in [6.07, 6.45) is 8.14. The van der Waals surface area contributed by atoms with Crippen molar-refractivity contribution >= 4 is 23.0 Å². The minimum Gasteiger partial charge on any atom is -0.372 e. The maximum Gasteiger partial charge on any atom is 0.255 e. The number of pyridine rings is 1. The first-order valence-corrected chi connectivity index (χ1v) is 10.9. The summed E-state index contributed by atoms with van der Waals surface area (Å²) in [6, 6.07) is 10.5. The Morgan fingerprint density at radius 3 is 2.17 bits per heavy atom. The van der Waals surface area contributed by atoms with E-state index in [1.54, 1.807) is 12.4 Å². The lowest BCUT2D eigenvalue weighted by Gasteiger charge is -2.32. The number of piperidine rings is 2. The van der Waals surface area contributed by atoms with E-state index in [9.17, 15) is 4.79 Å². The summed E-state index contributed by atoms with van der Waals surface area (Å²) in [4.78, 5) is 21.5. The molecule has 0 unspecified atom stereocenters. The van der Waals surface area contributed by atoms with E-state index in [1.807, 2.05) is 11.0 Å². The van der Waals surface area contributed by atoms with Crippen LogP contribution in [0.4, 0.5) is 17.1 Å². The van der Waals surface area contributed by atoms with Gasteiger partial charge in [0.1, 0.15) is 0 Å². The molecule has 29 heavy (non-hydrogen) atoms. The van der Waals surface area contributed by atoms with E-state index < -0.39 is 0 Å². The zero-order valence-corrected chi connectivity index (χ0v) is 17.6. The summed E-state index contributed by atoms with van der Waals surface area (Å²) in [6.45, 7) is 8.55. The molecule has 2 aliphatic rings. The van der Waals surface area contributed by atoms with Crippen molar-refractivity contribution in [2.75, 3.05) is 36.4 Å². The van der Waals surface area contributed by atoms with Gasteiger partial charge in [-0.05, 0) is 67.9 Å². The first-order chi connectivity index (χ1) is 14.1. The van der Waals surface area contributed by atoms with E-state index in [2.05, 4.69) is 53.3 Å². The van der Waals surface area contributed by atoms with Crippen LogP contribution in [0.3, 0.4) is 0 Å². The second kappa shape index (κ2) is 8.85. The fraction of sp³-hybridized carbons (Fsp3) is 0.500. The van der Waals surface area contributed by atoms with Crippen LogP contribution >= 0.6 is 0 Å². The van der Waals surface area contributed by atoms with Gasteiger partial charge in [0, 0.05) is 43.8 Å². The summed E-state index contributed by atoms with van der Waals surface area (Å²) in [5.41, 5.74) is 3.80. The lowest BCUT2D eigenvalue weighted by Crippen LogP contribution is -2.37. The van der Waals surface area contributed by atoms with Crippen molar-refractivity contribution in [2.24, 2.45) is 11.8 Å². The third-order valence-electron chi connectivity index (χ3n) is 6.36. The van der Waals surface area contributed by atoms with Gasteiger partial charge < -0.3 is 15.1 Å². The van der Waals surface area contributed by atoms with E-state index in [4.69, 9.17) is 0 Å². The Hall–Kier alpha value is -2.56. The fourth-order valence-electron chi connectivity index (χ4n) is 4.21. The van der Waals surface area contributed by atoms with Crippen molar-refractivity contribution < 1.29 is 4.79 Å². The first-order valence-electron chi connectivity index (χ1n) is 10.9. The second-order valence-corrected chi connectivity index (χ2v) is 8.78. The molecule has 1 aromatic heterocycles. The van der Waals surface area contributed by atoms with Crippen LogP contribution < -0.4 is 10.2 Å². The molecule has 0 atom stereocenters. The average Bonchev–Trinajstić information content (AvgIpc) is 2.75. The molecule has 3 heterocycles. The fourth-order valence-corrected chi connectivity index (χ4v) is 4.21. The van der Waals surface area contributed by atoms with Gasteiger partial charge in [0.2, 0.25) is 0 Å². The van der Waals surface area contributed by atoms with Crippen molar-refractivity contribution in [2.45, 2.75) is 39.5 Å². The molecule has 2 aromatic rings. The highest BCUT2D eigenvalue weighted by Crippen LogP contribution is 2.26. The number of amides is 1. The topological polar surface area (TPSA) is 48.5 Å². The molecule has 0 bridgehead atoms. The van der Waals surface area contributed by atoms with Crippen molar-refractivity contribution in [1.29, 1.82) is 0 Å². The summed E-state index contributed by atoms with van der Waals surface area (Å²) in [5, 5.41) is 3.39. The highest BCUT2D eigenvalue weighted by Gasteiger charge is 2.22. The van der Waals surface area contributed by atoms with Crippen LogP contribution in [0.25, 0.3) is 0 Å². The Morgan fingerprint density at radius 1 is 0.897 bits per heavy atom. The molecule has 5 heteroatoms. The molecule has 1 amide bonds. The molecule has 1 N–H and O–H groups in total. The smallest absolute Gasteiger partial charge is 0.255 e. The molecular formula is C24H32N4O. The van der Waals surface area contributed by atoms with E-state index >= 15 is 0 Å². The van der Waals surface area contributed by atoms with E-state index in [1.165, 1.54) is 18.5 Å². The Balaban J connectivity index is 1.39. The lowest BCUT2D eigenvalue weighted by molar-refractivity contribution is 0.0697. The molecule has 4 rings (SSSR count). The molecule has 0 spiro atoms. The maximum atomic E-state index is 12.8. The number of nitrogens with one attached hydrogen (secondary N) is 1. The van der Waals surface area contributed by atoms with Gasteiger partial charge in [-0.3, -0.25) is 9.78 Å². The van der Waals surface area contributed by atoms with Crippen LogP contribution in [0, 0.1) is 11.8 Å².